The van der Waals surface area contributed by atoms with E-state index >= 15 is 0 Å². The van der Waals surface area contributed by atoms with Crippen LogP contribution in [0.2, 0.25) is 5.15 Å². The Bertz CT molecular complexity index is 357. The van der Waals surface area contributed by atoms with Crippen LogP contribution >= 0.6 is 11.6 Å². The van der Waals surface area contributed by atoms with Crippen molar-refractivity contribution in [1.29, 1.82) is 0 Å². The van der Waals surface area contributed by atoms with Gasteiger partial charge in [-0.05, 0) is 31.4 Å². The maximum absolute atomic E-state index is 6.11. The second kappa shape index (κ2) is 6.25. The number of aromatic nitrogens is 1. The van der Waals surface area contributed by atoms with Crippen molar-refractivity contribution < 1.29 is 0 Å². The van der Waals surface area contributed by atoms with Gasteiger partial charge in [0.15, 0.2) is 5.15 Å². The summed E-state index contributed by atoms with van der Waals surface area (Å²) in [6.07, 6.45) is 11.1. The molecule has 0 aliphatic heterocycles. The lowest BCUT2D eigenvalue weighted by Gasteiger charge is -2.22. The molecule has 0 bridgehead atoms. The van der Waals surface area contributed by atoms with Crippen molar-refractivity contribution in [1.82, 2.24) is 4.98 Å². The van der Waals surface area contributed by atoms with Crippen molar-refractivity contribution >= 4 is 17.3 Å². The summed E-state index contributed by atoms with van der Waals surface area (Å²) >= 11 is 6.11. The van der Waals surface area contributed by atoms with Crippen LogP contribution in [0.3, 0.4) is 0 Å². The summed E-state index contributed by atoms with van der Waals surface area (Å²) in [6, 6.07) is 2.66. The highest BCUT2D eigenvalue weighted by atomic mass is 35.5. The van der Waals surface area contributed by atoms with Crippen molar-refractivity contribution in [3.05, 3.63) is 23.0 Å². The van der Waals surface area contributed by atoms with E-state index in [2.05, 4.69) is 16.4 Å². The van der Waals surface area contributed by atoms with Crippen molar-refractivity contribution in [3.63, 3.8) is 0 Å². The molecule has 1 N–H and O–H groups in total. The summed E-state index contributed by atoms with van der Waals surface area (Å²) in [7, 11) is 0. The van der Waals surface area contributed by atoms with Crippen LogP contribution in [0.1, 0.15) is 50.5 Å². The maximum Gasteiger partial charge on any atom is 0.152 e. The van der Waals surface area contributed by atoms with Gasteiger partial charge in [0.2, 0.25) is 0 Å². The molecule has 0 radical (unpaired) electrons. The second-order valence-corrected chi connectivity index (χ2v) is 5.40. The minimum Gasteiger partial charge on any atom is -0.380 e. The van der Waals surface area contributed by atoms with Crippen LogP contribution in [0.25, 0.3) is 0 Å². The van der Waals surface area contributed by atoms with E-state index in [1.165, 1.54) is 44.9 Å². The Hall–Kier alpha value is -0.760. The molecule has 1 heterocycles. The molecule has 0 amide bonds. The maximum atomic E-state index is 6.11. The predicted octanol–water partition coefficient (Wildman–Crippen LogP) is 4.57. The van der Waals surface area contributed by atoms with Gasteiger partial charge in [0.1, 0.15) is 0 Å². The monoisotopic (exact) mass is 252 g/mol. The minimum absolute atomic E-state index is 0.566. The first-order valence-electron chi connectivity index (χ1n) is 6.64. The van der Waals surface area contributed by atoms with Gasteiger partial charge in [-0.3, -0.25) is 0 Å². The largest absolute Gasteiger partial charge is 0.380 e. The first kappa shape index (κ1) is 12.7. The number of pyridine rings is 1. The number of hydrogen-bond acceptors (Lipinski definition) is 2. The molecule has 0 aromatic carbocycles. The van der Waals surface area contributed by atoms with Gasteiger partial charge in [0.25, 0.3) is 0 Å². The molecule has 17 heavy (non-hydrogen) atoms. The van der Waals surface area contributed by atoms with E-state index < -0.39 is 0 Å². The van der Waals surface area contributed by atoms with E-state index in [-0.39, 0.29) is 0 Å². The lowest BCUT2D eigenvalue weighted by molar-refractivity contribution is 0.471. The molecule has 1 saturated carbocycles. The number of rotatable bonds is 2. The Kier molecular flexibility index (Phi) is 4.66. The Labute approximate surface area is 109 Å². The fraction of sp³-hybridized carbons (Fsp3) is 0.643. The van der Waals surface area contributed by atoms with Crippen LogP contribution < -0.4 is 5.32 Å². The first-order valence-corrected chi connectivity index (χ1v) is 7.02. The molecule has 2 nitrogen and oxygen atoms in total. The highest BCUT2D eigenvalue weighted by Gasteiger charge is 2.12. The summed E-state index contributed by atoms with van der Waals surface area (Å²) in [6.45, 7) is 2.05. The number of halogens is 1. The van der Waals surface area contributed by atoms with Crippen LogP contribution in [-0.4, -0.2) is 11.0 Å². The molecule has 1 aromatic rings. The van der Waals surface area contributed by atoms with E-state index in [1.807, 2.05) is 13.1 Å². The van der Waals surface area contributed by atoms with Gasteiger partial charge in [-0.25, -0.2) is 4.98 Å². The van der Waals surface area contributed by atoms with Crippen LogP contribution in [0.5, 0.6) is 0 Å². The fourth-order valence-corrected chi connectivity index (χ4v) is 2.63. The van der Waals surface area contributed by atoms with Gasteiger partial charge in [-0.1, -0.05) is 43.7 Å². The lowest BCUT2D eigenvalue weighted by atomic mass is 9.96. The second-order valence-electron chi connectivity index (χ2n) is 5.04. The fourth-order valence-electron chi connectivity index (χ4n) is 2.47. The van der Waals surface area contributed by atoms with E-state index in [9.17, 15) is 0 Å². The van der Waals surface area contributed by atoms with Crippen molar-refractivity contribution in [2.45, 2.75) is 57.9 Å². The van der Waals surface area contributed by atoms with Gasteiger partial charge in [-0.15, -0.1) is 0 Å². The molecule has 0 unspecified atom stereocenters. The molecule has 0 atom stereocenters. The highest BCUT2D eigenvalue weighted by molar-refractivity contribution is 6.31. The third kappa shape index (κ3) is 3.88. The lowest BCUT2D eigenvalue weighted by Crippen LogP contribution is -2.21. The molecule has 0 spiro atoms. The number of nitrogens with zero attached hydrogens (tertiary/aromatic N) is 1. The van der Waals surface area contributed by atoms with E-state index in [4.69, 9.17) is 11.6 Å². The number of anilines is 1. The number of nitrogens with one attached hydrogen (secondary N) is 1. The third-order valence-electron chi connectivity index (χ3n) is 3.44. The molecule has 0 saturated heterocycles. The molecule has 94 valence electrons. The Balaban J connectivity index is 2.00. The topological polar surface area (TPSA) is 24.9 Å². The van der Waals surface area contributed by atoms with Gasteiger partial charge in [0.05, 0.1) is 5.69 Å². The van der Waals surface area contributed by atoms with E-state index in [1.54, 1.807) is 0 Å². The van der Waals surface area contributed by atoms with E-state index in [0.717, 1.165) is 11.3 Å². The van der Waals surface area contributed by atoms with Gasteiger partial charge in [-0.2, -0.15) is 0 Å². The molecule has 3 heteroatoms. The smallest absolute Gasteiger partial charge is 0.152 e. The van der Waals surface area contributed by atoms with Gasteiger partial charge < -0.3 is 5.32 Å². The molecule has 1 aromatic heterocycles. The highest BCUT2D eigenvalue weighted by Crippen LogP contribution is 2.25. The molecule has 1 fully saturated rings. The molecule has 1 aliphatic carbocycles. The average molecular weight is 253 g/mol. The van der Waals surface area contributed by atoms with Crippen LogP contribution in [-0.2, 0) is 0 Å². The summed E-state index contributed by atoms with van der Waals surface area (Å²) in [5, 5.41) is 4.16. The Morgan fingerprint density at radius 3 is 2.53 bits per heavy atom. The summed E-state index contributed by atoms with van der Waals surface area (Å²) in [4.78, 5) is 4.19. The van der Waals surface area contributed by atoms with Crippen molar-refractivity contribution in [3.8, 4) is 0 Å². The SMILES string of the molecule is Cc1cnc(Cl)c(NC2CCCCCCC2)c1. The molecule has 2 rings (SSSR count). The number of hydrogen-bond donors (Lipinski definition) is 1. The minimum atomic E-state index is 0.566. The normalized spacial score (nSPS) is 18.5. The zero-order chi connectivity index (χ0) is 12.1. The van der Waals surface area contributed by atoms with Crippen molar-refractivity contribution in [2.75, 3.05) is 5.32 Å². The standard InChI is InChI=1S/C14H21ClN2/c1-11-9-13(14(15)16-10-11)17-12-7-5-3-2-4-6-8-12/h9-10,12,17H,2-8H2,1H3. The van der Waals surface area contributed by atoms with Crippen molar-refractivity contribution in [2.24, 2.45) is 0 Å². The number of aryl methyl sites for hydroxylation is 1. The first-order chi connectivity index (χ1) is 8.25. The zero-order valence-corrected chi connectivity index (χ0v) is 11.3. The Morgan fingerprint density at radius 2 is 1.82 bits per heavy atom. The molecular weight excluding hydrogens is 232 g/mol. The predicted molar refractivity (Wildman–Crippen MR) is 73.7 cm³/mol. The summed E-state index contributed by atoms with van der Waals surface area (Å²) < 4.78 is 0. The third-order valence-corrected chi connectivity index (χ3v) is 3.74. The van der Waals surface area contributed by atoms with Gasteiger partial charge in [0, 0.05) is 12.2 Å². The molecular formula is C14H21ClN2. The van der Waals surface area contributed by atoms with Crippen LogP contribution in [0.4, 0.5) is 5.69 Å². The quantitative estimate of drug-likeness (QED) is 0.780. The van der Waals surface area contributed by atoms with Crippen LogP contribution in [0.15, 0.2) is 12.3 Å². The Morgan fingerprint density at radius 1 is 1.18 bits per heavy atom. The zero-order valence-electron chi connectivity index (χ0n) is 10.5. The summed E-state index contributed by atoms with van der Waals surface area (Å²) in [5.74, 6) is 0. The summed E-state index contributed by atoms with van der Waals surface area (Å²) in [5.41, 5.74) is 2.15. The van der Waals surface area contributed by atoms with E-state index in [0.29, 0.717) is 11.2 Å². The average Bonchev–Trinajstić information content (AvgIpc) is 2.27. The molecule has 1 aliphatic rings. The van der Waals surface area contributed by atoms with Gasteiger partial charge >= 0.3 is 0 Å². The van der Waals surface area contributed by atoms with Crippen LogP contribution in [0, 0.1) is 6.92 Å².